The number of allylic oxidation sites excluding steroid dienone is 1. The van der Waals surface area contributed by atoms with Gasteiger partial charge in [-0.05, 0) is 38.5 Å². The van der Waals surface area contributed by atoms with Gasteiger partial charge in [0, 0.05) is 6.42 Å². The zero-order valence-corrected chi connectivity index (χ0v) is 9.65. The van der Waals surface area contributed by atoms with Crippen molar-refractivity contribution in [2.45, 2.75) is 45.2 Å². The van der Waals surface area contributed by atoms with Crippen LogP contribution < -0.4 is 0 Å². The maximum Gasteiger partial charge on any atom is 0.391 e. The van der Waals surface area contributed by atoms with E-state index in [2.05, 4.69) is 6.58 Å². The largest absolute Gasteiger partial charge is 0.499 e. The maximum atomic E-state index is 12.4. The topological polar surface area (TPSA) is 9.23 Å². The average molecular weight is 236 g/mol. The van der Waals surface area contributed by atoms with E-state index in [1.54, 1.807) is 0 Å². The quantitative estimate of drug-likeness (QED) is 0.661. The summed E-state index contributed by atoms with van der Waals surface area (Å²) in [5.74, 6) is -0.0697. The van der Waals surface area contributed by atoms with Gasteiger partial charge >= 0.3 is 6.18 Å². The molecule has 1 rings (SSSR count). The summed E-state index contributed by atoms with van der Waals surface area (Å²) in [6.07, 6.45) is -1.52. The number of alkyl halides is 3. The molecule has 0 heterocycles. The lowest BCUT2D eigenvalue weighted by Crippen LogP contribution is -2.27. The summed E-state index contributed by atoms with van der Waals surface area (Å²) in [5, 5.41) is 0. The minimum absolute atomic E-state index is 0.258. The first-order valence-electron chi connectivity index (χ1n) is 5.80. The second-order valence-electron chi connectivity index (χ2n) is 4.44. The van der Waals surface area contributed by atoms with Gasteiger partial charge in [0.05, 0.1) is 18.3 Å². The highest BCUT2D eigenvalue weighted by molar-refractivity contribution is 4.88. The number of halogens is 3. The molecule has 0 radical (unpaired) electrons. The van der Waals surface area contributed by atoms with Crippen LogP contribution >= 0.6 is 0 Å². The molecule has 0 unspecified atom stereocenters. The molecule has 1 fully saturated rings. The van der Waals surface area contributed by atoms with E-state index >= 15 is 0 Å². The van der Waals surface area contributed by atoms with Gasteiger partial charge in [0.1, 0.15) is 0 Å². The monoisotopic (exact) mass is 236 g/mol. The number of hydrogen-bond donors (Lipinski definition) is 0. The molecule has 1 saturated carbocycles. The first-order valence-corrected chi connectivity index (χ1v) is 5.80. The van der Waals surface area contributed by atoms with Crippen molar-refractivity contribution < 1.29 is 17.9 Å². The van der Waals surface area contributed by atoms with Crippen molar-refractivity contribution in [2.75, 3.05) is 6.61 Å². The molecular weight excluding hydrogens is 217 g/mol. The van der Waals surface area contributed by atoms with Gasteiger partial charge in [-0.3, -0.25) is 0 Å². The first kappa shape index (κ1) is 13.4. The van der Waals surface area contributed by atoms with E-state index in [1.165, 1.54) is 0 Å². The maximum absolute atomic E-state index is 12.4. The van der Waals surface area contributed by atoms with Crippen molar-refractivity contribution in [1.82, 2.24) is 0 Å². The molecule has 0 aromatic carbocycles. The van der Waals surface area contributed by atoms with Crippen LogP contribution in [0.4, 0.5) is 13.2 Å². The van der Waals surface area contributed by atoms with Gasteiger partial charge < -0.3 is 4.74 Å². The zero-order chi connectivity index (χ0) is 12.2. The molecule has 0 aromatic heterocycles. The highest BCUT2D eigenvalue weighted by Crippen LogP contribution is 2.40. The highest BCUT2D eigenvalue weighted by atomic mass is 19.4. The summed E-state index contributed by atoms with van der Waals surface area (Å²) in [5.41, 5.74) is 0. The molecule has 16 heavy (non-hydrogen) atoms. The van der Waals surface area contributed by atoms with Crippen LogP contribution in [-0.4, -0.2) is 12.8 Å². The molecule has 94 valence electrons. The second kappa shape index (κ2) is 5.60. The Kier molecular flexibility index (Phi) is 4.69. The minimum atomic E-state index is -4.01. The minimum Gasteiger partial charge on any atom is -0.499 e. The van der Waals surface area contributed by atoms with E-state index in [9.17, 15) is 13.2 Å². The fourth-order valence-electron chi connectivity index (χ4n) is 2.28. The summed E-state index contributed by atoms with van der Waals surface area (Å²) < 4.78 is 42.5. The van der Waals surface area contributed by atoms with Crippen molar-refractivity contribution in [3.8, 4) is 0 Å². The van der Waals surface area contributed by atoms with Gasteiger partial charge in [0.25, 0.3) is 0 Å². The molecule has 0 N–H and O–H groups in total. The Morgan fingerprint density at radius 2 is 1.81 bits per heavy atom. The highest BCUT2D eigenvalue weighted by Gasteiger charge is 2.41. The number of ether oxygens (including phenoxy) is 1. The molecule has 1 aliphatic rings. The van der Waals surface area contributed by atoms with Gasteiger partial charge in [-0.15, -0.1) is 0 Å². The molecule has 0 spiro atoms. The van der Waals surface area contributed by atoms with E-state index in [1.807, 2.05) is 6.92 Å². The van der Waals surface area contributed by atoms with Gasteiger partial charge in [-0.25, -0.2) is 0 Å². The van der Waals surface area contributed by atoms with Gasteiger partial charge in [-0.2, -0.15) is 13.2 Å². The van der Waals surface area contributed by atoms with Gasteiger partial charge in [0.2, 0.25) is 0 Å². The first-order chi connectivity index (χ1) is 7.43. The van der Waals surface area contributed by atoms with E-state index in [4.69, 9.17) is 4.74 Å². The zero-order valence-electron chi connectivity index (χ0n) is 9.65. The SMILES string of the molecule is C=C(CC1CCC(C(F)(F)F)CC1)OCC. The molecule has 0 saturated heterocycles. The summed E-state index contributed by atoms with van der Waals surface area (Å²) in [6, 6.07) is 0. The summed E-state index contributed by atoms with van der Waals surface area (Å²) in [6.45, 7) is 6.22. The molecule has 1 aliphatic carbocycles. The smallest absolute Gasteiger partial charge is 0.391 e. The predicted octanol–water partition coefficient (Wildman–Crippen LogP) is 4.30. The molecule has 0 aromatic rings. The lowest BCUT2D eigenvalue weighted by Gasteiger charge is -2.30. The summed E-state index contributed by atoms with van der Waals surface area (Å²) in [4.78, 5) is 0. The molecule has 0 bridgehead atoms. The van der Waals surface area contributed by atoms with Crippen LogP contribution in [0.3, 0.4) is 0 Å². The molecule has 1 nitrogen and oxygen atoms in total. The van der Waals surface area contributed by atoms with Crippen molar-refractivity contribution in [1.29, 1.82) is 0 Å². The predicted molar refractivity (Wildman–Crippen MR) is 56.9 cm³/mol. The van der Waals surface area contributed by atoms with Crippen LogP contribution in [0.5, 0.6) is 0 Å². The third-order valence-electron chi connectivity index (χ3n) is 3.17. The number of hydrogen-bond acceptors (Lipinski definition) is 1. The average Bonchev–Trinajstić information content (AvgIpc) is 2.17. The van der Waals surface area contributed by atoms with Crippen LogP contribution in [0.15, 0.2) is 12.3 Å². The van der Waals surface area contributed by atoms with Gasteiger partial charge in [-0.1, -0.05) is 6.58 Å². The van der Waals surface area contributed by atoms with Crippen LogP contribution in [0.25, 0.3) is 0 Å². The van der Waals surface area contributed by atoms with E-state index in [0.29, 0.717) is 37.5 Å². The van der Waals surface area contributed by atoms with Crippen molar-refractivity contribution in [2.24, 2.45) is 11.8 Å². The van der Waals surface area contributed by atoms with Crippen LogP contribution in [-0.2, 0) is 4.74 Å². The lowest BCUT2D eigenvalue weighted by atomic mass is 9.80. The van der Waals surface area contributed by atoms with Crippen LogP contribution in [0.1, 0.15) is 39.0 Å². The van der Waals surface area contributed by atoms with Crippen LogP contribution in [0, 0.1) is 11.8 Å². The third-order valence-corrected chi connectivity index (χ3v) is 3.17. The van der Waals surface area contributed by atoms with Crippen molar-refractivity contribution in [3.63, 3.8) is 0 Å². The Hall–Kier alpha value is -0.670. The Balaban J connectivity index is 2.30. The Morgan fingerprint density at radius 1 is 1.25 bits per heavy atom. The second-order valence-corrected chi connectivity index (χ2v) is 4.44. The van der Waals surface area contributed by atoms with Gasteiger partial charge in [0.15, 0.2) is 0 Å². The molecule has 0 atom stereocenters. The third kappa shape index (κ3) is 4.06. The van der Waals surface area contributed by atoms with E-state index < -0.39 is 12.1 Å². The van der Waals surface area contributed by atoms with Crippen molar-refractivity contribution >= 4 is 0 Å². The number of rotatable bonds is 4. The lowest BCUT2D eigenvalue weighted by molar-refractivity contribution is -0.184. The molecular formula is C12H19F3O. The molecule has 4 heteroatoms. The van der Waals surface area contributed by atoms with E-state index in [-0.39, 0.29) is 12.8 Å². The van der Waals surface area contributed by atoms with Crippen molar-refractivity contribution in [3.05, 3.63) is 12.3 Å². The van der Waals surface area contributed by atoms with E-state index in [0.717, 1.165) is 0 Å². The molecule has 0 aliphatic heterocycles. The standard InChI is InChI=1S/C12H19F3O/c1-3-16-9(2)8-10-4-6-11(7-5-10)12(13,14)15/h10-11H,2-8H2,1H3. The Bertz CT molecular complexity index is 227. The normalized spacial score (nSPS) is 26.5. The summed E-state index contributed by atoms with van der Waals surface area (Å²) >= 11 is 0. The Labute approximate surface area is 94.7 Å². The Morgan fingerprint density at radius 3 is 2.25 bits per heavy atom. The fraction of sp³-hybridized carbons (Fsp3) is 0.833. The van der Waals surface area contributed by atoms with Crippen LogP contribution in [0.2, 0.25) is 0 Å². The summed E-state index contributed by atoms with van der Waals surface area (Å²) in [7, 11) is 0. The fourth-order valence-corrected chi connectivity index (χ4v) is 2.28. The molecule has 0 amide bonds.